The number of rotatable bonds is 3. The van der Waals surface area contributed by atoms with Gasteiger partial charge < -0.3 is 9.47 Å². The first-order valence-electron chi connectivity index (χ1n) is 3.87. The summed E-state index contributed by atoms with van der Waals surface area (Å²) in [6, 6.07) is 0. The second-order valence-electron chi connectivity index (χ2n) is 2.91. The van der Waals surface area contributed by atoms with E-state index in [0.29, 0.717) is 6.61 Å². The highest BCUT2D eigenvalue weighted by Gasteiger charge is 2.45. The van der Waals surface area contributed by atoms with Crippen molar-refractivity contribution < 1.29 is 14.2 Å². The van der Waals surface area contributed by atoms with Gasteiger partial charge in [0, 0.05) is 7.11 Å². The lowest BCUT2D eigenvalue weighted by Gasteiger charge is -2.24. The summed E-state index contributed by atoms with van der Waals surface area (Å²) >= 11 is 0. The molecule has 1 aliphatic rings. The predicted octanol–water partition coefficient (Wildman–Crippen LogP) is 1.50. The molecule has 0 aromatic rings. The van der Waals surface area contributed by atoms with Crippen LogP contribution in [0.25, 0.3) is 0 Å². The highest BCUT2D eigenvalue weighted by Crippen LogP contribution is 2.32. The lowest BCUT2D eigenvalue weighted by molar-refractivity contribution is -0.374. The summed E-state index contributed by atoms with van der Waals surface area (Å²) < 4.78 is 15.5. The van der Waals surface area contributed by atoms with Crippen LogP contribution in [0.4, 0.5) is 0 Å². The van der Waals surface area contributed by atoms with Crippen LogP contribution in [-0.4, -0.2) is 25.5 Å². The van der Waals surface area contributed by atoms with Crippen molar-refractivity contribution in [1.29, 1.82) is 0 Å². The Labute approximate surface area is 71.7 Å². The second-order valence-corrected chi connectivity index (χ2v) is 2.91. The number of nitrogens with zero attached hydrogens (tertiary/aromatic N) is 2. The average molecular weight is 174 g/mol. The van der Waals surface area contributed by atoms with Crippen molar-refractivity contribution in [3.05, 3.63) is 0 Å². The van der Waals surface area contributed by atoms with E-state index in [1.165, 1.54) is 7.11 Å². The highest BCUT2D eigenvalue weighted by molar-refractivity contribution is 4.72. The fourth-order valence-electron chi connectivity index (χ4n) is 0.920. The fourth-order valence-corrected chi connectivity index (χ4v) is 0.920. The van der Waals surface area contributed by atoms with Gasteiger partial charge in [-0.1, -0.05) is 5.11 Å². The van der Waals surface area contributed by atoms with Gasteiger partial charge in [-0.15, -0.1) is 0 Å². The van der Waals surface area contributed by atoms with Crippen molar-refractivity contribution in [1.82, 2.24) is 0 Å². The first-order valence-corrected chi connectivity index (χ1v) is 3.87. The van der Waals surface area contributed by atoms with Gasteiger partial charge in [-0.3, -0.25) is 4.74 Å². The molecule has 70 valence electrons. The van der Waals surface area contributed by atoms with Crippen molar-refractivity contribution in [2.24, 2.45) is 10.2 Å². The smallest absolute Gasteiger partial charge is 0.310 e. The van der Waals surface area contributed by atoms with Crippen LogP contribution in [0.3, 0.4) is 0 Å². The van der Waals surface area contributed by atoms with E-state index < -0.39 is 11.8 Å². The largest absolute Gasteiger partial charge is 0.414 e. The molecule has 0 aromatic heterocycles. The van der Waals surface area contributed by atoms with Gasteiger partial charge in [0.25, 0.3) is 0 Å². The van der Waals surface area contributed by atoms with E-state index in [9.17, 15) is 0 Å². The molecule has 0 spiro atoms. The van der Waals surface area contributed by atoms with Crippen molar-refractivity contribution in [2.75, 3.05) is 13.7 Å². The summed E-state index contributed by atoms with van der Waals surface area (Å²) in [4.78, 5) is 0. The predicted molar refractivity (Wildman–Crippen MR) is 41.4 cm³/mol. The van der Waals surface area contributed by atoms with Crippen molar-refractivity contribution >= 4 is 0 Å². The molecule has 0 bridgehead atoms. The summed E-state index contributed by atoms with van der Waals surface area (Å²) in [5, 5.41) is 7.65. The lowest BCUT2D eigenvalue weighted by atomic mass is 10.3. The SMILES string of the molecule is CCOC1(OC)N=NC(C)(C)O1. The molecule has 5 heteroatoms. The summed E-state index contributed by atoms with van der Waals surface area (Å²) in [5.41, 5.74) is -0.662. The maximum absolute atomic E-state index is 5.35. The average Bonchev–Trinajstić information content (AvgIpc) is 2.29. The van der Waals surface area contributed by atoms with E-state index in [1.807, 2.05) is 6.92 Å². The lowest BCUT2D eigenvalue weighted by Crippen LogP contribution is -2.37. The van der Waals surface area contributed by atoms with Crippen LogP contribution in [0.1, 0.15) is 20.8 Å². The first kappa shape index (κ1) is 9.57. The van der Waals surface area contributed by atoms with Crippen molar-refractivity contribution in [2.45, 2.75) is 32.6 Å². The number of methoxy groups -OCH3 is 1. The van der Waals surface area contributed by atoms with Crippen molar-refractivity contribution in [3.63, 3.8) is 0 Å². The van der Waals surface area contributed by atoms with Crippen LogP contribution < -0.4 is 0 Å². The Hall–Kier alpha value is -0.520. The minimum absolute atomic E-state index is 0.461. The number of hydrogen-bond donors (Lipinski definition) is 0. The highest BCUT2D eigenvalue weighted by atomic mass is 16.9. The summed E-state index contributed by atoms with van der Waals surface area (Å²) in [7, 11) is 1.47. The van der Waals surface area contributed by atoms with Gasteiger partial charge in [0.2, 0.25) is 0 Å². The van der Waals surface area contributed by atoms with Gasteiger partial charge in [0.05, 0.1) is 6.61 Å². The molecule has 1 rings (SSSR count). The van der Waals surface area contributed by atoms with Crippen molar-refractivity contribution in [3.8, 4) is 0 Å². The summed E-state index contributed by atoms with van der Waals surface area (Å²) in [5.74, 6) is 0. The molecule has 0 saturated heterocycles. The Morgan fingerprint density at radius 2 is 2.00 bits per heavy atom. The first-order chi connectivity index (χ1) is 5.54. The molecule has 0 radical (unpaired) electrons. The van der Waals surface area contributed by atoms with E-state index >= 15 is 0 Å². The Morgan fingerprint density at radius 3 is 2.33 bits per heavy atom. The van der Waals surface area contributed by atoms with E-state index in [4.69, 9.17) is 14.2 Å². The fraction of sp³-hybridized carbons (Fsp3) is 1.00. The molecule has 1 atom stereocenters. The van der Waals surface area contributed by atoms with Crippen LogP contribution >= 0.6 is 0 Å². The Balaban J connectivity index is 2.68. The molecule has 12 heavy (non-hydrogen) atoms. The monoisotopic (exact) mass is 174 g/mol. The molecular formula is C7H14N2O3. The van der Waals surface area contributed by atoms with Crippen LogP contribution in [-0.2, 0) is 14.2 Å². The van der Waals surface area contributed by atoms with Gasteiger partial charge in [-0.2, -0.15) is 5.11 Å². The minimum atomic E-state index is -1.32. The van der Waals surface area contributed by atoms with Gasteiger partial charge in [0.1, 0.15) is 0 Å². The molecular weight excluding hydrogens is 160 g/mol. The van der Waals surface area contributed by atoms with Gasteiger partial charge in [-0.25, -0.2) is 0 Å². The van der Waals surface area contributed by atoms with E-state index in [2.05, 4.69) is 10.2 Å². The third kappa shape index (κ3) is 1.80. The summed E-state index contributed by atoms with van der Waals surface area (Å²) in [6.45, 7) is 5.88. The number of hydrogen-bond acceptors (Lipinski definition) is 5. The third-order valence-corrected chi connectivity index (χ3v) is 1.38. The minimum Gasteiger partial charge on any atom is -0.310 e. The number of ether oxygens (including phenoxy) is 3. The molecule has 5 nitrogen and oxygen atoms in total. The molecule has 1 heterocycles. The van der Waals surface area contributed by atoms with E-state index in [-0.39, 0.29) is 0 Å². The van der Waals surface area contributed by atoms with E-state index in [0.717, 1.165) is 0 Å². The van der Waals surface area contributed by atoms with Gasteiger partial charge in [0.15, 0.2) is 5.72 Å². The molecule has 1 unspecified atom stereocenters. The molecule has 0 amide bonds. The van der Waals surface area contributed by atoms with E-state index in [1.54, 1.807) is 13.8 Å². The quantitative estimate of drug-likeness (QED) is 0.609. The normalized spacial score (nSPS) is 32.7. The maximum Gasteiger partial charge on any atom is 0.414 e. The summed E-state index contributed by atoms with van der Waals surface area (Å²) in [6.07, 6.45) is -1.32. The molecule has 1 aliphatic heterocycles. The third-order valence-electron chi connectivity index (χ3n) is 1.38. The Kier molecular flexibility index (Phi) is 2.46. The Bertz CT molecular complexity index is 193. The molecule has 0 saturated carbocycles. The molecule has 0 N–H and O–H groups in total. The van der Waals surface area contributed by atoms with Crippen LogP contribution in [0.2, 0.25) is 0 Å². The zero-order valence-electron chi connectivity index (χ0n) is 7.83. The number of azo groups is 1. The second kappa shape index (κ2) is 3.08. The van der Waals surface area contributed by atoms with Crippen LogP contribution in [0.5, 0.6) is 0 Å². The zero-order chi connectivity index (χ0) is 9.24. The molecule has 0 fully saturated rings. The van der Waals surface area contributed by atoms with Gasteiger partial charge >= 0.3 is 6.10 Å². The van der Waals surface area contributed by atoms with Crippen LogP contribution in [0, 0.1) is 0 Å². The topological polar surface area (TPSA) is 52.4 Å². The molecule has 0 aliphatic carbocycles. The maximum atomic E-state index is 5.35. The van der Waals surface area contributed by atoms with Gasteiger partial charge in [-0.05, 0) is 20.8 Å². The zero-order valence-corrected chi connectivity index (χ0v) is 7.83. The standard InChI is InChI=1S/C7H14N2O3/c1-5-11-7(10-4)9-8-6(2,3)12-7/h5H2,1-4H3. The Morgan fingerprint density at radius 1 is 1.33 bits per heavy atom. The molecule has 0 aromatic carbocycles. The van der Waals surface area contributed by atoms with Crippen LogP contribution in [0.15, 0.2) is 10.2 Å².